The van der Waals surface area contributed by atoms with Crippen LogP contribution in [0.3, 0.4) is 0 Å². The molecule has 8 heteroatoms. The summed E-state index contributed by atoms with van der Waals surface area (Å²) in [5.41, 5.74) is 2.76. The number of non-ortho nitro benzene ring substituents is 1. The highest BCUT2D eigenvalue weighted by Gasteiger charge is 2.13. The number of anilines is 1. The molecule has 28 heavy (non-hydrogen) atoms. The number of nitrogens with zero attached hydrogens (tertiary/aromatic N) is 4. The first-order valence-corrected chi connectivity index (χ1v) is 9.22. The fraction of sp³-hybridized carbons (Fsp3) is 0.300. The number of nitrogens with one attached hydrogen (secondary N) is 1. The summed E-state index contributed by atoms with van der Waals surface area (Å²) in [6, 6.07) is 14.3. The molecule has 3 rings (SSSR count). The van der Waals surface area contributed by atoms with Crippen LogP contribution in [0.5, 0.6) is 0 Å². The van der Waals surface area contributed by atoms with Crippen LogP contribution in [-0.4, -0.2) is 33.1 Å². The van der Waals surface area contributed by atoms with Crippen LogP contribution in [0.1, 0.15) is 25.3 Å². The van der Waals surface area contributed by atoms with Gasteiger partial charge in [-0.1, -0.05) is 49.3 Å². The minimum atomic E-state index is -0.446. The third-order valence-corrected chi connectivity index (χ3v) is 4.52. The van der Waals surface area contributed by atoms with E-state index in [0.29, 0.717) is 23.8 Å². The van der Waals surface area contributed by atoms with E-state index in [1.807, 2.05) is 18.2 Å². The minimum Gasteiger partial charge on any atom is -0.376 e. The van der Waals surface area contributed by atoms with E-state index in [1.165, 1.54) is 17.7 Å². The Morgan fingerprint density at radius 2 is 1.93 bits per heavy atom. The molecule has 0 bridgehead atoms. The van der Waals surface area contributed by atoms with E-state index in [4.69, 9.17) is 4.52 Å². The summed E-state index contributed by atoms with van der Waals surface area (Å²) in [7, 11) is 0. The van der Waals surface area contributed by atoms with Gasteiger partial charge in [-0.05, 0) is 24.7 Å². The van der Waals surface area contributed by atoms with Crippen LogP contribution < -0.4 is 5.32 Å². The van der Waals surface area contributed by atoms with Crippen molar-refractivity contribution in [3.05, 3.63) is 70.1 Å². The molecular weight excluding hydrogens is 358 g/mol. The van der Waals surface area contributed by atoms with Crippen LogP contribution >= 0.6 is 0 Å². The van der Waals surface area contributed by atoms with Gasteiger partial charge in [-0.2, -0.15) is 4.98 Å². The van der Waals surface area contributed by atoms with Crippen molar-refractivity contribution in [2.24, 2.45) is 0 Å². The standard InChI is InChI=1S/C20H23N5O3/c1-3-24(4-2)14-16-8-5-6-11-18(16)21-13-19-22-20(23-28-19)15-9-7-10-17(12-15)25(26)27/h5-12,21H,3-4,13-14H2,1-2H3. The van der Waals surface area contributed by atoms with Gasteiger partial charge in [-0.15, -0.1) is 0 Å². The molecule has 2 aromatic carbocycles. The summed E-state index contributed by atoms with van der Waals surface area (Å²) in [6.45, 7) is 7.50. The van der Waals surface area contributed by atoms with E-state index < -0.39 is 4.92 Å². The highest BCUT2D eigenvalue weighted by atomic mass is 16.6. The van der Waals surface area contributed by atoms with Crippen molar-refractivity contribution in [2.45, 2.75) is 26.9 Å². The summed E-state index contributed by atoms with van der Waals surface area (Å²) in [5, 5.41) is 18.2. The summed E-state index contributed by atoms with van der Waals surface area (Å²) < 4.78 is 5.30. The lowest BCUT2D eigenvalue weighted by molar-refractivity contribution is -0.384. The van der Waals surface area contributed by atoms with Crippen molar-refractivity contribution in [2.75, 3.05) is 18.4 Å². The third-order valence-electron chi connectivity index (χ3n) is 4.52. The van der Waals surface area contributed by atoms with Crippen molar-refractivity contribution < 1.29 is 9.45 Å². The molecule has 0 aliphatic rings. The van der Waals surface area contributed by atoms with Crippen LogP contribution in [0, 0.1) is 10.1 Å². The van der Waals surface area contributed by atoms with Gasteiger partial charge in [0.15, 0.2) is 0 Å². The Balaban J connectivity index is 1.70. The van der Waals surface area contributed by atoms with E-state index >= 15 is 0 Å². The van der Waals surface area contributed by atoms with Crippen LogP contribution in [0.15, 0.2) is 53.1 Å². The first-order valence-electron chi connectivity index (χ1n) is 9.22. The third kappa shape index (κ3) is 4.72. The number of hydrogen-bond donors (Lipinski definition) is 1. The summed E-state index contributed by atoms with van der Waals surface area (Å²) in [6.07, 6.45) is 0. The molecule has 0 aliphatic heterocycles. The Labute approximate surface area is 163 Å². The van der Waals surface area contributed by atoms with Gasteiger partial charge < -0.3 is 9.84 Å². The maximum Gasteiger partial charge on any atom is 0.270 e. The highest BCUT2D eigenvalue weighted by molar-refractivity contribution is 5.58. The van der Waals surface area contributed by atoms with E-state index in [0.717, 1.165) is 25.3 Å². The Bertz CT molecular complexity index is 937. The lowest BCUT2D eigenvalue weighted by Gasteiger charge is -2.20. The fourth-order valence-corrected chi connectivity index (χ4v) is 2.89. The molecule has 1 heterocycles. The lowest BCUT2D eigenvalue weighted by atomic mass is 10.1. The molecular formula is C20H23N5O3. The zero-order chi connectivity index (χ0) is 19.9. The second kappa shape index (κ2) is 9.09. The quantitative estimate of drug-likeness (QED) is 0.440. The molecule has 0 radical (unpaired) electrons. The number of rotatable bonds is 9. The van der Waals surface area contributed by atoms with Gasteiger partial charge in [0.05, 0.1) is 11.5 Å². The lowest BCUT2D eigenvalue weighted by Crippen LogP contribution is -2.22. The average Bonchev–Trinajstić information content (AvgIpc) is 3.20. The highest BCUT2D eigenvalue weighted by Crippen LogP contribution is 2.22. The normalized spacial score (nSPS) is 11.0. The van der Waals surface area contributed by atoms with E-state index in [-0.39, 0.29) is 5.69 Å². The first kappa shape index (κ1) is 19.5. The minimum absolute atomic E-state index is 0.00713. The van der Waals surface area contributed by atoms with E-state index in [9.17, 15) is 10.1 Å². The molecule has 146 valence electrons. The number of aromatic nitrogens is 2. The predicted molar refractivity (Wildman–Crippen MR) is 107 cm³/mol. The van der Waals surface area contributed by atoms with Crippen molar-refractivity contribution in [1.29, 1.82) is 0 Å². The van der Waals surface area contributed by atoms with Crippen molar-refractivity contribution in [1.82, 2.24) is 15.0 Å². The average molecular weight is 381 g/mol. The van der Waals surface area contributed by atoms with Crippen molar-refractivity contribution in [3.63, 3.8) is 0 Å². The molecule has 0 spiro atoms. The molecule has 1 N–H and O–H groups in total. The molecule has 0 saturated carbocycles. The molecule has 0 aliphatic carbocycles. The second-order valence-corrected chi connectivity index (χ2v) is 6.29. The second-order valence-electron chi connectivity index (χ2n) is 6.29. The maximum absolute atomic E-state index is 10.9. The Hall–Kier alpha value is -3.26. The number of hydrogen-bond acceptors (Lipinski definition) is 7. The first-order chi connectivity index (χ1) is 13.6. The van der Waals surface area contributed by atoms with Crippen LogP contribution in [0.2, 0.25) is 0 Å². The zero-order valence-electron chi connectivity index (χ0n) is 16.0. The molecule has 0 amide bonds. The maximum atomic E-state index is 10.9. The van der Waals surface area contributed by atoms with Gasteiger partial charge in [0, 0.05) is 29.9 Å². The molecule has 0 unspecified atom stereocenters. The van der Waals surface area contributed by atoms with Crippen LogP contribution in [0.4, 0.5) is 11.4 Å². The van der Waals surface area contributed by atoms with Gasteiger partial charge in [0.1, 0.15) is 0 Å². The Morgan fingerprint density at radius 3 is 2.68 bits per heavy atom. The smallest absolute Gasteiger partial charge is 0.270 e. The summed E-state index contributed by atoms with van der Waals surface area (Å²) in [5.74, 6) is 0.746. The van der Waals surface area contributed by atoms with Crippen LogP contribution in [0.25, 0.3) is 11.4 Å². The Kier molecular flexibility index (Phi) is 6.33. The SMILES string of the molecule is CCN(CC)Cc1ccccc1NCc1nc(-c2cccc([N+](=O)[O-])c2)no1. The molecule has 8 nitrogen and oxygen atoms in total. The van der Waals surface area contributed by atoms with E-state index in [2.05, 4.69) is 40.3 Å². The van der Waals surface area contributed by atoms with Gasteiger partial charge in [0.25, 0.3) is 5.69 Å². The summed E-state index contributed by atoms with van der Waals surface area (Å²) >= 11 is 0. The van der Waals surface area contributed by atoms with E-state index in [1.54, 1.807) is 12.1 Å². The predicted octanol–water partition coefficient (Wildman–Crippen LogP) is 4.10. The number of nitro benzene ring substituents is 1. The molecule has 1 aromatic heterocycles. The molecule has 3 aromatic rings. The number of para-hydroxylation sites is 1. The van der Waals surface area contributed by atoms with Crippen molar-refractivity contribution in [3.8, 4) is 11.4 Å². The Morgan fingerprint density at radius 1 is 1.14 bits per heavy atom. The number of nitro groups is 1. The summed E-state index contributed by atoms with van der Waals surface area (Å²) in [4.78, 5) is 17.2. The fourth-order valence-electron chi connectivity index (χ4n) is 2.89. The van der Waals surface area contributed by atoms with Gasteiger partial charge in [-0.3, -0.25) is 15.0 Å². The molecule has 0 atom stereocenters. The molecule has 0 saturated heterocycles. The van der Waals surface area contributed by atoms with Crippen molar-refractivity contribution >= 4 is 11.4 Å². The van der Waals surface area contributed by atoms with Gasteiger partial charge in [-0.25, -0.2) is 0 Å². The monoisotopic (exact) mass is 381 g/mol. The number of benzene rings is 2. The zero-order valence-corrected chi connectivity index (χ0v) is 16.0. The largest absolute Gasteiger partial charge is 0.376 e. The van der Waals surface area contributed by atoms with Crippen LogP contribution in [-0.2, 0) is 13.1 Å². The van der Waals surface area contributed by atoms with Gasteiger partial charge in [0.2, 0.25) is 11.7 Å². The molecule has 0 fully saturated rings. The van der Waals surface area contributed by atoms with Gasteiger partial charge >= 0.3 is 0 Å². The topological polar surface area (TPSA) is 97.3 Å².